The number of morpholine rings is 1. The maximum atomic E-state index is 12.7. The molecule has 1 N–H and O–H groups in total. The van der Waals surface area contributed by atoms with Gasteiger partial charge in [-0.2, -0.15) is 0 Å². The Morgan fingerprint density at radius 1 is 1.16 bits per heavy atom. The molecule has 1 aliphatic heterocycles. The molecule has 162 valence electrons. The van der Waals surface area contributed by atoms with Crippen LogP contribution in [0.3, 0.4) is 0 Å². The normalized spacial score (nSPS) is 18.0. The van der Waals surface area contributed by atoms with Gasteiger partial charge >= 0.3 is 0 Å². The zero-order chi connectivity index (χ0) is 21.8. The molecule has 31 heavy (non-hydrogen) atoms. The molecule has 1 saturated heterocycles. The summed E-state index contributed by atoms with van der Waals surface area (Å²) in [5.41, 5.74) is 4.24. The third-order valence-electron chi connectivity index (χ3n) is 5.87. The van der Waals surface area contributed by atoms with Crippen molar-refractivity contribution in [1.82, 2.24) is 25.2 Å². The highest BCUT2D eigenvalue weighted by atomic mass is 16.5. The summed E-state index contributed by atoms with van der Waals surface area (Å²) in [5.74, 6) is -0.197. The first kappa shape index (κ1) is 21.2. The number of nitrogens with zero attached hydrogens (tertiary/aromatic N) is 4. The lowest BCUT2D eigenvalue weighted by Gasteiger charge is -2.37. The quantitative estimate of drug-likeness (QED) is 0.665. The van der Waals surface area contributed by atoms with E-state index in [1.54, 1.807) is 4.68 Å². The first-order chi connectivity index (χ1) is 15.0. The van der Waals surface area contributed by atoms with Crippen molar-refractivity contribution < 1.29 is 9.53 Å². The SMILES string of the molecule is Cc1c(C(=O)NCC(C)N2CCOCC2C)nnn1-c1ccc(-c2ccccc2)cc1. The van der Waals surface area contributed by atoms with E-state index in [0.717, 1.165) is 42.3 Å². The number of nitrogens with one attached hydrogen (secondary N) is 1. The number of aromatic nitrogens is 3. The summed E-state index contributed by atoms with van der Waals surface area (Å²) in [4.78, 5) is 15.1. The van der Waals surface area contributed by atoms with Gasteiger partial charge in [-0.25, -0.2) is 4.68 Å². The average Bonchev–Trinajstić information content (AvgIpc) is 3.19. The van der Waals surface area contributed by atoms with Gasteiger partial charge in [0.2, 0.25) is 0 Å². The molecule has 0 saturated carbocycles. The van der Waals surface area contributed by atoms with Gasteiger partial charge in [0.25, 0.3) is 5.91 Å². The lowest BCUT2D eigenvalue weighted by atomic mass is 10.1. The summed E-state index contributed by atoms with van der Waals surface area (Å²) in [5, 5.41) is 11.4. The van der Waals surface area contributed by atoms with Gasteiger partial charge in [-0.05, 0) is 44.0 Å². The largest absolute Gasteiger partial charge is 0.379 e. The molecular weight excluding hydrogens is 390 g/mol. The number of benzene rings is 2. The van der Waals surface area contributed by atoms with Crippen LogP contribution in [0.5, 0.6) is 0 Å². The third-order valence-corrected chi connectivity index (χ3v) is 5.87. The monoisotopic (exact) mass is 419 g/mol. The molecular formula is C24H29N5O2. The molecule has 3 aromatic rings. The van der Waals surface area contributed by atoms with Crippen LogP contribution in [0.15, 0.2) is 54.6 Å². The molecule has 7 heteroatoms. The fraction of sp³-hybridized carbons (Fsp3) is 0.375. The summed E-state index contributed by atoms with van der Waals surface area (Å²) in [6.07, 6.45) is 0. The maximum Gasteiger partial charge on any atom is 0.273 e. The minimum Gasteiger partial charge on any atom is -0.379 e. The fourth-order valence-corrected chi connectivity index (χ4v) is 4.05. The van der Waals surface area contributed by atoms with Crippen LogP contribution in [0, 0.1) is 6.92 Å². The highest BCUT2D eigenvalue weighted by Crippen LogP contribution is 2.21. The zero-order valence-corrected chi connectivity index (χ0v) is 18.3. The van der Waals surface area contributed by atoms with Crippen molar-refractivity contribution in [1.29, 1.82) is 0 Å². The number of ether oxygens (including phenoxy) is 1. The Morgan fingerprint density at radius 2 is 1.87 bits per heavy atom. The number of carbonyl (C=O) groups excluding carboxylic acids is 1. The highest BCUT2D eigenvalue weighted by Gasteiger charge is 2.25. The second kappa shape index (κ2) is 9.41. The lowest BCUT2D eigenvalue weighted by molar-refractivity contribution is -0.0178. The molecule has 1 aliphatic rings. The molecule has 0 radical (unpaired) electrons. The molecule has 4 rings (SSSR count). The van der Waals surface area contributed by atoms with Crippen molar-refractivity contribution in [2.75, 3.05) is 26.3 Å². The number of amides is 1. The van der Waals surface area contributed by atoms with Crippen LogP contribution in [0.2, 0.25) is 0 Å². The smallest absolute Gasteiger partial charge is 0.273 e. The Bertz CT molecular complexity index is 1020. The van der Waals surface area contributed by atoms with E-state index < -0.39 is 0 Å². The minimum absolute atomic E-state index is 0.197. The van der Waals surface area contributed by atoms with E-state index in [1.807, 2.05) is 37.3 Å². The van der Waals surface area contributed by atoms with Gasteiger partial charge in [0.05, 0.1) is 24.6 Å². The highest BCUT2D eigenvalue weighted by molar-refractivity contribution is 5.93. The van der Waals surface area contributed by atoms with Gasteiger partial charge in [0, 0.05) is 25.2 Å². The molecule has 0 spiro atoms. The van der Waals surface area contributed by atoms with Gasteiger partial charge in [-0.1, -0.05) is 47.7 Å². The van der Waals surface area contributed by atoms with Crippen molar-refractivity contribution in [2.24, 2.45) is 0 Å². The molecule has 0 aliphatic carbocycles. The van der Waals surface area contributed by atoms with E-state index in [4.69, 9.17) is 4.74 Å². The Balaban J connectivity index is 1.42. The van der Waals surface area contributed by atoms with E-state index in [9.17, 15) is 4.79 Å². The number of rotatable bonds is 6. The molecule has 2 heterocycles. The summed E-state index contributed by atoms with van der Waals surface area (Å²) in [6, 6.07) is 18.9. The van der Waals surface area contributed by atoms with Crippen LogP contribution in [0.25, 0.3) is 16.8 Å². The van der Waals surface area contributed by atoms with Crippen LogP contribution < -0.4 is 5.32 Å². The van der Waals surface area contributed by atoms with Crippen molar-refractivity contribution in [2.45, 2.75) is 32.9 Å². The predicted molar refractivity (Wildman–Crippen MR) is 120 cm³/mol. The van der Waals surface area contributed by atoms with Crippen molar-refractivity contribution in [3.63, 3.8) is 0 Å². The van der Waals surface area contributed by atoms with Crippen molar-refractivity contribution in [3.8, 4) is 16.8 Å². The first-order valence-corrected chi connectivity index (χ1v) is 10.7. The van der Waals surface area contributed by atoms with E-state index in [2.05, 4.69) is 58.6 Å². The zero-order valence-electron chi connectivity index (χ0n) is 18.3. The van der Waals surface area contributed by atoms with E-state index in [0.29, 0.717) is 18.3 Å². The van der Waals surface area contributed by atoms with Crippen molar-refractivity contribution in [3.05, 3.63) is 66.0 Å². The molecule has 7 nitrogen and oxygen atoms in total. The van der Waals surface area contributed by atoms with Crippen LogP contribution in [-0.4, -0.2) is 64.2 Å². The van der Waals surface area contributed by atoms with Gasteiger partial charge in [-0.3, -0.25) is 9.69 Å². The number of hydrogen-bond donors (Lipinski definition) is 1. The van der Waals surface area contributed by atoms with E-state index in [1.165, 1.54) is 0 Å². The van der Waals surface area contributed by atoms with Gasteiger partial charge in [0.15, 0.2) is 5.69 Å². The standard InChI is InChI=1S/C24H29N5O2/c1-17(28-13-14-31-16-18(28)2)15-25-24(30)23-19(3)29(27-26-23)22-11-9-21(10-12-22)20-7-5-4-6-8-20/h4-12,17-18H,13-16H2,1-3H3,(H,25,30). The molecule has 2 aromatic carbocycles. The molecule has 2 atom stereocenters. The Labute approximate surface area is 183 Å². The van der Waals surface area contributed by atoms with Crippen molar-refractivity contribution >= 4 is 5.91 Å². The summed E-state index contributed by atoms with van der Waals surface area (Å²) in [6.45, 7) is 9.05. The summed E-state index contributed by atoms with van der Waals surface area (Å²) >= 11 is 0. The van der Waals surface area contributed by atoms with E-state index in [-0.39, 0.29) is 11.9 Å². The van der Waals surface area contributed by atoms with Crippen LogP contribution in [0.4, 0.5) is 0 Å². The number of hydrogen-bond acceptors (Lipinski definition) is 5. The molecule has 0 bridgehead atoms. The Hall–Kier alpha value is -3.03. The second-order valence-corrected chi connectivity index (χ2v) is 8.07. The first-order valence-electron chi connectivity index (χ1n) is 10.7. The van der Waals surface area contributed by atoms with Gasteiger partial charge in [-0.15, -0.1) is 5.10 Å². The maximum absolute atomic E-state index is 12.7. The number of carbonyl (C=O) groups is 1. The van der Waals surface area contributed by atoms with Crippen LogP contribution in [-0.2, 0) is 4.74 Å². The minimum atomic E-state index is -0.197. The second-order valence-electron chi connectivity index (χ2n) is 8.07. The Morgan fingerprint density at radius 3 is 2.58 bits per heavy atom. The van der Waals surface area contributed by atoms with Crippen LogP contribution >= 0.6 is 0 Å². The average molecular weight is 420 g/mol. The van der Waals surface area contributed by atoms with E-state index >= 15 is 0 Å². The molecule has 1 fully saturated rings. The lowest BCUT2D eigenvalue weighted by Crippen LogP contribution is -2.51. The fourth-order valence-electron chi connectivity index (χ4n) is 4.05. The Kier molecular flexibility index (Phi) is 6.44. The predicted octanol–water partition coefficient (Wildman–Crippen LogP) is 3.08. The van der Waals surface area contributed by atoms with Gasteiger partial charge in [0.1, 0.15) is 0 Å². The van der Waals surface area contributed by atoms with Crippen LogP contribution in [0.1, 0.15) is 30.0 Å². The van der Waals surface area contributed by atoms with Gasteiger partial charge < -0.3 is 10.1 Å². The molecule has 2 unspecified atom stereocenters. The summed E-state index contributed by atoms with van der Waals surface area (Å²) < 4.78 is 7.21. The molecule has 1 aromatic heterocycles. The third kappa shape index (κ3) is 4.68. The summed E-state index contributed by atoms with van der Waals surface area (Å²) in [7, 11) is 0. The molecule has 1 amide bonds. The topological polar surface area (TPSA) is 72.3 Å².